The van der Waals surface area contributed by atoms with Crippen LogP contribution in [0, 0.1) is 0 Å². The first-order valence-electron chi connectivity index (χ1n) is 6.90. The fraction of sp³-hybridized carbons (Fsp3) is 0.294. The Hall–Kier alpha value is -0.990. The van der Waals surface area contributed by atoms with Crippen LogP contribution in [0.1, 0.15) is 29.5 Å². The molecule has 0 N–H and O–H groups in total. The second-order valence-electron chi connectivity index (χ2n) is 5.13. The summed E-state index contributed by atoms with van der Waals surface area (Å²) in [6, 6.07) is 12.2. The highest BCUT2D eigenvalue weighted by Gasteiger charge is 2.11. The molecule has 3 heteroatoms. The SMILES string of the molecule is Clc1ccc(CBr)c(Oc2ccc3c(c2)CCCC3)c1. The van der Waals surface area contributed by atoms with E-state index in [9.17, 15) is 0 Å². The summed E-state index contributed by atoms with van der Waals surface area (Å²) in [6.45, 7) is 0. The Balaban J connectivity index is 1.89. The third-order valence-electron chi connectivity index (χ3n) is 3.72. The molecule has 0 unspecified atom stereocenters. The average Bonchev–Trinajstić information content (AvgIpc) is 2.47. The minimum atomic E-state index is 0.697. The third kappa shape index (κ3) is 3.02. The number of hydrogen-bond acceptors (Lipinski definition) is 1. The van der Waals surface area contributed by atoms with Gasteiger partial charge in [0.25, 0.3) is 0 Å². The summed E-state index contributed by atoms with van der Waals surface area (Å²) in [5.74, 6) is 1.72. The molecule has 0 fully saturated rings. The Morgan fingerprint density at radius 3 is 2.60 bits per heavy atom. The van der Waals surface area contributed by atoms with Crippen LogP contribution in [0.3, 0.4) is 0 Å². The van der Waals surface area contributed by atoms with Gasteiger partial charge in [0.1, 0.15) is 11.5 Å². The molecule has 0 spiro atoms. The lowest BCUT2D eigenvalue weighted by molar-refractivity contribution is 0.477. The molecule has 0 aromatic heterocycles. The Bertz CT molecular complexity index is 624. The smallest absolute Gasteiger partial charge is 0.132 e. The van der Waals surface area contributed by atoms with Crippen LogP contribution in [-0.2, 0) is 18.2 Å². The number of rotatable bonds is 3. The van der Waals surface area contributed by atoms with E-state index in [0.717, 1.165) is 28.8 Å². The van der Waals surface area contributed by atoms with Gasteiger partial charge in [0.05, 0.1) is 0 Å². The molecular weight excluding hydrogens is 336 g/mol. The molecule has 1 aliphatic rings. The van der Waals surface area contributed by atoms with Gasteiger partial charge < -0.3 is 4.74 Å². The fourth-order valence-electron chi connectivity index (χ4n) is 2.63. The molecule has 0 saturated heterocycles. The highest BCUT2D eigenvalue weighted by atomic mass is 79.9. The lowest BCUT2D eigenvalue weighted by Gasteiger charge is -2.17. The number of alkyl halides is 1. The fourth-order valence-corrected chi connectivity index (χ4v) is 3.26. The van der Waals surface area contributed by atoms with Crippen LogP contribution in [0.5, 0.6) is 11.5 Å². The van der Waals surface area contributed by atoms with Crippen molar-refractivity contribution in [2.75, 3.05) is 0 Å². The largest absolute Gasteiger partial charge is 0.457 e. The van der Waals surface area contributed by atoms with Crippen LogP contribution in [-0.4, -0.2) is 0 Å². The van der Waals surface area contributed by atoms with E-state index in [-0.39, 0.29) is 0 Å². The summed E-state index contributed by atoms with van der Waals surface area (Å²) >= 11 is 9.54. The molecule has 0 aliphatic heterocycles. The second kappa shape index (κ2) is 6.19. The monoisotopic (exact) mass is 350 g/mol. The molecule has 0 heterocycles. The Morgan fingerprint density at radius 2 is 1.80 bits per heavy atom. The molecule has 3 rings (SSSR count). The van der Waals surface area contributed by atoms with Gasteiger partial charge in [0.2, 0.25) is 0 Å². The van der Waals surface area contributed by atoms with E-state index >= 15 is 0 Å². The zero-order valence-electron chi connectivity index (χ0n) is 11.2. The first kappa shape index (κ1) is 14.0. The van der Waals surface area contributed by atoms with Gasteiger partial charge >= 0.3 is 0 Å². The predicted molar refractivity (Wildman–Crippen MR) is 87.2 cm³/mol. The number of hydrogen-bond donors (Lipinski definition) is 0. The maximum Gasteiger partial charge on any atom is 0.132 e. The van der Waals surface area contributed by atoms with E-state index in [4.69, 9.17) is 16.3 Å². The molecule has 0 atom stereocenters. The Morgan fingerprint density at radius 1 is 1.00 bits per heavy atom. The van der Waals surface area contributed by atoms with Gasteiger partial charge in [-0.05, 0) is 61.1 Å². The number of fused-ring (bicyclic) bond motifs is 1. The van der Waals surface area contributed by atoms with Crippen molar-refractivity contribution in [3.05, 3.63) is 58.1 Å². The number of ether oxygens (including phenoxy) is 1. The molecule has 0 saturated carbocycles. The Labute approximate surface area is 133 Å². The van der Waals surface area contributed by atoms with Crippen molar-refractivity contribution in [2.45, 2.75) is 31.0 Å². The standard InChI is InChI=1S/C17H16BrClO/c18-11-14-5-7-15(19)10-17(14)20-16-8-6-12-3-1-2-4-13(12)9-16/h5-10H,1-4,11H2. The summed E-state index contributed by atoms with van der Waals surface area (Å²) in [5.41, 5.74) is 4.00. The molecule has 2 aromatic carbocycles. The summed E-state index contributed by atoms with van der Waals surface area (Å²) in [5, 5.41) is 1.45. The lowest BCUT2D eigenvalue weighted by Crippen LogP contribution is -2.02. The van der Waals surface area contributed by atoms with Crippen molar-refractivity contribution in [3.8, 4) is 11.5 Å². The van der Waals surface area contributed by atoms with E-state index in [0.29, 0.717) is 5.02 Å². The molecule has 0 bridgehead atoms. The zero-order valence-corrected chi connectivity index (χ0v) is 13.5. The van der Waals surface area contributed by atoms with Crippen molar-refractivity contribution in [2.24, 2.45) is 0 Å². The average molecular weight is 352 g/mol. The molecule has 20 heavy (non-hydrogen) atoms. The molecule has 2 aromatic rings. The molecule has 0 amide bonds. The maximum atomic E-state index is 6.06. The van der Waals surface area contributed by atoms with Gasteiger partial charge in [0.15, 0.2) is 0 Å². The molecular formula is C17H16BrClO. The molecule has 0 radical (unpaired) electrons. The number of halogens is 2. The topological polar surface area (TPSA) is 9.23 Å². The van der Waals surface area contributed by atoms with Gasteiger partial charge in [0, 0.05) is 15.9 Å². The van der Waals surface area contributed by atoms with Crippen molar-refractivity contribution >= 4 is 27.5 Å². The quantitative estimate of drug-likeness (QED) is 0.625. The third-order valence-corrected chi connectivity index (χ3v) is 4.56. The van der Waals surface area contributed by atoms with Crippen LogP contribution >= 0.6 is 27.5 Å². The van der Waals surface area contributed by atoms with Crippen LogP contribution in [0.2, 0.25) is 5.02 Å². The molecule has 1 aliphatic carbocycles. The van der Waals surface area contributed by atoms with Gasteiger partial charge in [-0.3, -0.25) is 0 Å². The predicted octanol–water partition coefficient (Wildman–Crippen LogP) is 5.91. The van der Waals surface area contributed by atoms with Crippen LogP contribution < -0.4 is 4.74 Å². The highest BCUT2D eigenvalue weighted by molar-refractivity contribution is 9.08. The summed E-state index contributed by atoms with van der Waals surface area (Å²) in [7, 11) is 0. The minimum absolute atomic E-state index is 0.697. The number of benzene rings is 2. The molecule has 1 nitrogen and oxygen atoms in total. The van der Waals surface area contributed by atoms with Crippen molar-refractivity contribution in [3.63, 3.8) is 0 Å². The van der Waals surface area contributed by atoms with E-state index in [1.54, 1.807) is 0 Å². The van der Waals surface area contributed by atoms with E-state index in [1.807, 2.05) is 18.2 Å². The summed E-state index contributed by atoms with van der Waals surface area (Å²) in [6.07, 6.45) is 4.93. The summed E-state index contributed by atoms with van der Waals surface area (Å²) < 4.78 is 6.03. The van der Waals surface area contributed by atoms with E-state index in [2.05, 4.69) is 34.1 Å². The minimum Gasteiger partial charge on any atom is -0.457 e. The van der Waals surface area contributed by atoms with Crippen LogP contribution in [0.4, 0.5) is 0 Å². The maximum absolute atomic E-state index is 6.06. The van der Waals surface area contributed by atoms with Crippen LogP contribution in [0.15, 0.2) is 36.4 Å². The van der Waals surface area contributed by atoms with E-state index in [1.165, 1.54) is 30.4 Å². The van der Waals surface area contributed by atoms with Gasteiger partial charge in [-0.2, -0.15) is 0 Å². The van der Waals surface area contributed by atoms with Crippen molar-refractivity contribution in [1.82, 2.24) is 0 Å². The van der Waals surface area contributed by atoms with Gasteiger partial charge in [-0.1, -0.05) is 39.7 Å². The summed E-state index contributed by atoms with van der Waals surface area (Å²) in [4.78, 5) is 0. The first-order valence-corrected chi connectivity index (χ1v) is 8.40. The Kier molecular flexibility index (Phi) is 4.32. The lowest BCUT2D eigenvalue weighted by atomic mass is 9.92. The highest BCUT2D eigenvalue weighted by Crippen LogP contribution is 2.32. The number of aryl methyl sites for hydroxylation is 2. The second-order valence-corrected chi connectivity index (χ2v) is 6.12. The molecule has 104 valence electrons. The van der Waals surface area contributed by atoms with Gasteiger partial charge in [-0.25, -0.2) is 0 Å². The first-order chi connectivity index (χ1) is 9.76. The zero-order chi connectivity index (χ0) is 13.9. The van der Waals surface area contributed by atoms with Crippen molar-refractivity contribution < 1.29 is 4.74 Å². The van der Waals surface area contributed by atoms with Crippen molar-refractivity contribution in [1.29, 1.82) is 0 Å². The van der Waals surface area contributed by atoms with Gasteiger partial charge in [-0.15, -0.1) is 0 Å². The van der Waals surface area contributed by atoms with E-state index < -0.39 is 0 Å². The normalized spacial score (nSPS) is 13.9. The van der Waals surface area contributed by atoms with Crippen LogP contribution in [0.25, 0.3) is 0 Å².